The Balaban J connectivity index is 1.81. The first-order valence-electron chi connectivity index (χ1n) is 13.9. The topological polar surface area (TPSA) is 92.6 Å². The molecule has 1 saturated heterocycles. The van der Waals surface area contributed by atoms with Gasteiger partial charge in [-0.1, -0.05) is 17.7 Å². The average Bonchev–Trinajstić information content (AvgIpc) is 3.10. The van der Waals surface area contributed by atoms with Gasteiger partial charge in [-0.05, 0) is 75.4 Å². The number of anilines is 1. The van der Waals surface area contributed by atoms with Crippen LogP contribution in [0.3, 0.4) is 0 Å². The molecule has 0 aromatic heterocycles. The minimum absolute atomic E-state index is 0.112. The summed E-state index contributed by atoms with van der Waals surface area (Å²) in [4.78, 5) is 3.73. The lowest BCUT2D eigenvalue weighted by molar-refractivity contribution is -0.143. The molecule has 0 bridgehead atoms. The van der Waals surface area contributed by atoms with Gasteiger partial charge in [-0.3, -0.25) is 0 Å². The molecule has 2 aliphatic heterocycles. The molecule has 2 aromatic rings. The van der Waals surface area contributed by atoms with E-state index in [1.165, 1.54) is 11.9 Å². The van der Waals surface area contributed by atoms with Crippen molar-refractivity contribution in [1.29, 1.82) is 0 Å². The maximum Gasteiger partial charge on any atom is 0.416 e. The van der Waals surface area contributed by atoms with Crippen molar-refractivity contribution in [3.05, 3.63) is 63.7 Å². The molecule has 2 unspecified atom stereocenters. The van der Waals surface area contributed by atoms with Gasteiger partial charge >= 0.3 is 12.4 Å². The molecule has 0 amide bonds. The monoisotopic (exact) mass is 616 g/mol. The summed E-state index contributed by atoms with van der Waals surface area (Å²) in [7, 11) is 1.42. The Bertz CT molecular complexity index is 1310. The van der Waals surface area contributed by atoms with Crippen LogP contribution in [0.5, 0.6) is 0 Å². The van der Waals surface area contributed by atoms with E-state index in [1.54, 1.807) is 0 Å². The highest BCUT2D eigenvalue weighted by atomic mass is 19.4. The molecule has 4 rings (SSSR count). The van der Waals surface area contributed by atoms with E-state index in [4.69, 9.17) is 21.1 Å². The normalized spacial score (nSPS) is 21.0. The van der Waals surface area contributed by atoms with E-state index in [0.717, 1.165) is 27.5 Å². The molecule has 1 fully saturated rings. The minimum atomic E-state index is -4.98. The number of fused-ring (bicyclic) bond motifs is 1. The number of alkyl halides is 6. The van der Waals surface area contributed by atoms with Gasteiger partial charge in [0.1, 0.15) is 6.10 Å². The fourth-order valence-corrected chi connectivity index (χ4v) is 5.90. The molecular formula is C29H38F6N6O2. The molecule has 43 heavy (non-hydrogen) atoms. The zero-order valence-electron chi connectivity index (χ0n) is 24.8. The van der Waals surface area contributed by atoms with Crippen molar-refractivity contribution >= 4 is 11.6 Å². The summed E-state index contributed by atoms with van der Waals surface area (Å²) in [5.41, 5.74) is 7.00. The number of ether oxygens (including phenoxy) is 2. The molecule has 238 valence electrons. The van der Waals surface area contributed by atoms with Crippen LogP contribution in [0.2, 0.25) is 0 Å². The number of hydrazine groups is 1. The predicted octanol–water partition coefficient (Wildman–Crippen LogP) is 5.67. The standard InChI is InChI=1S/C29H38F6N6O2/c1-17-9-18(2)25-23(10-17)24(7-6-8-40(25)15-22-16-42-27(3,4)43-22)41(26(36)38-39(5)37)14-19-11-20(28(30,31)32)13-21(12-19)29(33,34)35/h9-13,22,24H,6-8,14-16,37H2,1-5H3,(H2,36,38). The minimum Gasteiger partial charge on any atom is -0.368 e. The van der Waals surface area contributed by atoms with E-state index in [0.29, 0.717) is 44.7 Å². The Labute approximate surface area is 247 Å². The fraction of sp³-hybridized carbons (Fsp3) is 0.552. The number of hydrogen-bond acceptors (Lipinski definition) is 6. The summed E-state index contributed by atoms with van der Waals surface area (Å²) in [6, 6.07) is 5.01. The zero-order valence-corrected chi connectivity index (χ0v) is 24.8. The first kappa shape index (κ1) is 32.7. The second-order valence-corrected chi connectivity index (χ2v) is 11.6. The van der Waals surface area contributed by atoms with Crippen molar-refractivity contribution in [2.24, 2.45) is 16.7 Å². The molecule has 2 atom stereocenters. The molecule has 2 aromatic carbocycles. The molecule has 0 saturated carbocycles. The summed E-state index contributed by atoms with van der Waals surface area (Å²) in [6.07, 6.45) is -9.02. The van der Waals surface area contributed by atoms with E-state index in [2.05, 4.69) is 10.0 Å². The Morgan fingerprint density at radius 3 is 2.21 bits per heavy atom. The molecule has 8 nitrogen and oxygen atoms in total. The molecule has 2 aliphatic rings. The van der Waals surface area contributed by atoms with E-state index in [-0.39, 0.29) is 30.2 Å². The number of hydrogen-bond donors (Lipinski definition) is 2. The average molecular weight is 617 g/mol. The number of nitrogens with zero attached hydrogens (tertiary/aromatic N) is 4. The van der Waals surface area contributed by atoms with E-state index < -0.39 is 35.3 Å². The number of benzene rings is 2. The van der Waals surface area contributed by atoms with Gasteiger partial charge in [0.05, 0.1) is 23.8 Å². The van der Waals surface area contributed by atoms with Crippen LogP contribution in [0.25, 0.3) is 0 Å². The van der Waals surface area contributed by atoms with Crippen LogP contribution in [0, 0.1) is 13.8 Å². The summed E-state index contributed by atoms with van der Waals surface area (Å²) < 4.78 is 93.9. The Kier molecular flexibility index (Phi) is 9.15. The van der Waals surface area contributed by atoms with Crippen LogP contribution in [-0.4, -0.2) is 54.6 Å². The highest BCUT2D eigenvalue weighted by molar-refractivity contribution is 5.79. The number of aryl methyl sites for hydroxylation is 2. The second-order valence-electron chi connectivity index (χ2n) is 11.6. The Morgan fingerprint density at radius 1 is 1.05 bits per heavy atom. The van der Waals surface area contributed by atoms with Crippen molar-refractivity contribution in [1.82, 2.24) is 10.0 Å². The maximum absolute atomic E-state index is 13.7. The maximum atomic E-state index is 13.7. The van der Waals surface area contributed by atoms with Gasteiger partial charge in [0.15, 0.2) is 5.79 Å². The quantitative estimate of drug-likeness (QED) is 0.142. The first-order chi connectivity index (χ1) is 19.8. The summed E-state index contributed by atoms with van der Waals surface area (Å²) in [5, 5.41) is 5.04. The van der Waals surface area contributed by atoms with Gasteiger partial charge in [0.2, 0.25) is 5.96 Å². The number of guanidine groups is 1. The largest absolute Gasteiger partial charge is 0.416 e. The van der Waals surface area contributed by atoms with Crippen LogP contribution in [0.15, 0.2) is 35.4 Å². The molecule has 4 N–H and O–H groups in total. The lowest BCUT2D eigenvalue weighted by Gasteiger charge is -2.35. The molecule has 0 spiro atoms. The lowest BCUT2D eigenvalue weighted by atomic mass is 9.94. The van der Waals surface area contributed by atoms with Crippen LogP contribution in [0.4, 0.5) is 32.0 Å². The van der Waals surface area contributed by atoms with Crippen LogP contribution in [0.1, 0.15) is 66.1 Å². The molecular weight excluding hydrogens is 578 g/mol. The van der Waals surface area contributed by atoms with E-state index in [9.17, 15) is 26.3 Å². The second kappa shape index (κ2) is 12.0. The van der Waals surface area contributed by atoms with Gasteiger partial charge < -0.3 is 25.0 Å². The van der Waals surface area contributed by atoms with E-state index >= 15 is 0 Å². The van der Waals surface area contributed by atoms with Gasteiger partial charge in [-0.2, -0.15) is 26.3 Å². The molecule has 2 heterocycles. The zero-order chi connectivity index (χ0) is 31.9. The first-order valence-corrected chi connectivity index (χ1v) is 13.9. The lowest BCUT2D eigenvalue weighted by Crippen LogP contribution is -2.42. The highest BCUT2D eigenvalue weighted by Crippen LogP contribution is 2.42. The summed E-state index contributed by atoms with van der Waals surface area (Å²) >= 11 is 0. The highest BCUT2D eigenvalue weighted by Gasteiger charge is 2.39. The Hall–Kier alpha value is -3.23. The number of nitrogens with two attached hydrogens (primary N) is 2. The van der Waals surface area contributed by atoms with Gasteiger partial charge in [-0.25, -0.2) is 11.0 Å². The van der Waals surface area contributed by atoms with E-state index in [1.807, 2.05) is 39.8 Å². The number of halogens is 6. The van der Waals surface area contributed by atoms with Crippen molar-refractivity contribution in [2.45, 2.75) is 77.4 Å². The van der Waals surface area contributed by atoms with Gasteiger partial charge in [-0.15, -0.1) is 5.10 Å². The van der Waals surface area contributed by atoms with Crippen molar-refractivity contribution in [3.8, 4) is 0 Å². The molecule has 14 heteroatoms. The van der Waals surface area contributed by atoms with Gasteiger partial charge in [0.25, 0.3) is 0 Å². The third kappa shape index (κ3) is 7.84. The summed E-state index contributed by atoms with van der Waals surface area (Å²) in [6.45, 7) is 8.80. The predicted molar refractivity (Wildman–Crippen MR) is 151 cm³/mol. The van der Waals surface area contributed by atoms with Gasteiger partial charge in [0, 0.05) is 32.4 Å². The Morgan fingerprint density at radius 2 is 1.67 bits per heavy atom. The van der Waals surface area contributed by atoms with Crippen molar-refractivity contribution in [2.75, 3.05) is 31.6 Å². The van der Waals surface area contributed by atoms with Crippen LogP contribution >= 0.6 is 0 Å². The SMILES string of the molecule is Cc1cc(C)c2c(c1)C(N(Cc1cc(C(F)(F)F)cc(C(F)(F)F)c1)/C(N)=N/N(C)N)CCCN2CC1COC(C)(C)O1. The number of hydrazone groups is 1. The third-order valence-corrected chi connectivity index (χ3v) is 7.48. The fourth-order valence-electron chi connectivity index (χ4n) is 5.90. The smallest absolute Gasteiger partial charge is 0.368 e. The number of rotatable bonds is 6. The van der Waals surface area contributed by atoms with Crippen molar-refractivity contribution < 1.29 is 35.8 Å². The van der Waals surface area contributed by atoms with Crippen LogP contribution < -0.4 is 16.5 Å². The molecule has 0 radical (unpaired) electrons. The van der Waals surface area contributed by atoms with Crippen LogP contribution in [-0.2, 0) is 28.4 Å². The third-order valence-electron chi connectivity index (χ3n) is 7.48. The van der Waals surface area contributed by atoms with Crippen molar-refractivity contribution in [3.63, 3.8) is 0 Å². The summed E-state index contributed by atoms with van der Waals surface area (Å²) in [5.74, 6) is 4.88. The molecule has 0 aliphatic carbocycles.